The Kier molecular flexibility index (Phi) is 4.08. The maximum Gasteiger partial charge on any atom is 0.309 e. The van der Waals surface area contributed by atoms with E-state index in [1.807, 2.05) is 30.3 Å². The number of benzene rings is 1. The van der Waals surface area contributed by atoms with E-state index in [4.69, 9.17) is 9.52 Å². The Hall–Kier alpha value is -1.81. The molecule has 4 nitrogen and oxygen atoms in total. The van der Waals surface area contributed by atoms with E-state index in [2.05, 4.69) is 4.98 Å². The van der Waals surface area contributed by atoms with Crippen molar-refractivity contribution in [3.8, 4) is 11.5 Å². The minimum atomic E-state index is -0.914. The van der Waals surface area contributed by atoms with Crippen molar-refractivity contribution in [1.29, 1.82) is 0 Å². The highest BCUT2D eigenvalue weighted by Crippen LogP contribution is 2.17. The molecule has 2 rings (SSSR count). The SMILES string of the molecule is Cl.O=C(O)Cc1coc(-c2ccccc2)n1. The Labute approximate surface area is 98.3 Å². The van der Waals surface area contributed by atoms with Gasteiger partial charge >= 0.3 is 5.97 Å². The number of aromatic nitrogens is 1. The molecule has 16 heavy (non-hydrogen) atoms. The first-order valence-corrected chi connectivity index (χ1v) is 4.47. The lowest BCUT2D eigenvalue weighted by Crippen LogP contribution is -1.99. The average Bonchev–Trinajstić information content (AvgIpc) is 2.67. The van der Waals surface area contributed by atoms with Crippen molar-refractivity contribution in [3.05, 3.63) is 42.3 Å². The van der Waals surface area contributed by atoms with Crippen molar-refractivity contribution in [2.75, 3.05) is 0 Å². The van der Waals surface area contributed by atoms with Gasteiger partial charge in [-0.25, -0.2) is 4.98 Å². The van der Waals surface area contributed by atoms with Gasteiger partial charge in [-0.2, -0.15) is 0 Å². The maximum atomic E-state index is 10.4. The predicted octanol–water partition coefficient (Wildman–Crippen LogP) is 2.39. The average molecular weight is 240 g/mol. The zero-order chi connectivity index (χ0) is 10.7. The standard InChI is InChI=1S/C11H9NO3.ClH/c13-10(14)6-9-7-15-11(12-9)8-4-2-1-3-5-8;/h1-5,7H,6H2,(H,13,14);1H. The van der Waals surface area contributed by atoms with Crippen molar-refractivity contribution < 1.29 is 14.3 Å². The molecule has 0 aliphatic carbocycles. The van der Waals surface area contributed by atoms with Crippen molar-refractivity contribution >= 4 is 18.4 Å². The van der Waals surface area contributed by atoms with Crippen LogP contribution in [0.25, 0.3) is 11.5 Å². The second kappa shape index (κ2) is 5.32. The molecule has 5 heteroatoms. The fraction of sp³-hybridized carbons (Fsp3) is 0.0909. The highest BCUT2D eigenvalue weighted by atomic mass is 35.5. The summed E-state index contributed by atoms with van der Waals surface area (Å²) in [4.78, 5) is 14.5. The molecule has 0 fully saturated rings. The van der Waals surface area contributed by atoms with Crippen molar-refractivity contribution in [1.82, 2.24) is 4.98 Å². The molecule has 0 aliphatic rings. The highest BCUT2D eigenvalue weighted by Gasteiger charge is 2.08. The first-order chi connectivity index (χ1) is 7.25. The van der Waals surface area contributed by atoms with Crippen molar-refractivity contribution in [2.45, 2.75) is 6.42 Å². The second-order valence-corrected chi connectivity index (χ2v) is 3.08. The molecule has 1 aromatic carbocycles. The molecule has 0 saturated heterocycles. The van der Waals surface area contributed by atoms with Crippen LogP contribution in [-0.2, 0) is 11.2 Å². The van der Waals surface area contributed by atoms with Crippen LogP contribution < -0.4 is 0 Å². The third kappa shape index (κ3) is 2.84. The summed E-state index contributed by atoms with van der Waals surface area (Å²) in [6.45, 7) is 0. The maximum absolute atomic E-state index is 10.4. The van der Waals surface area contributed by atoms with E-state index in [9.17, 15) is 4.79 Å². The summed E-state index contributed by atoms with van der Waals surface area (Å²) in [5.74, 6) is -0.463. The molecular formula is C11H10ClNO3. The predicted molar refractivity (Wildman–Crippen MR) is 60.5 cm³/mol. The normalized spacial score (nSPS) is 9.50. The first kappa shape index (κ1) is 12.3. The van der Waals surface area contributed by atoms with Gasteiger partial charge in [-0.05, 0) is 12.1 Å². The molecule has 84 valence electrons. The minimum absolute atomic E-state index is 0. The number of aliphatic carboxylic acids is 1. The summed E-state index contributed by atoms with van der Waals surface area (Å²) in [6, 6.07) is 9.35. The van der Waals surface area contributed by atoms with E-state index in [1.54, 1.807) is 0 Å². The molecule has 2 aromatic rings. The van der Waals surface area contributed by atoms with Crippen molar-refractivity contribution in [3.63, 3.8) is 0 Å². The molecule has 0 aliphatic heterocycles. The van der Waals surface area contributed by atoms with Crippen LogP contribution in [0.1, 0.15) is 5.69 Å². The number of rotatable bonds is 3. The van der Waals surface area contributed by atoms with Crippen LogP contribution >= 0.6 is 12.4 Å². The van der Waals surface area contributed by atoms with Crippen LogP contribution in [0.5, 0.6) is 0 Å². The molecule has 0 unspecified atom stereocenters. The van der Waals surface area contributed by atoms with Gasteiger partial charge in [0.2, 0.25) is 5.89 Å². The van der Waals surface area contributed by atoms with E-state index in [0.717, 1.165) is 5.56 Å². The van der Waals surface area contributed by atoms with Gasteiger partial charge in [-0.1, -0.05) is 18.2 Å². The van der Waals surface area contributed by atoms with E-state index in [0.29, 0.717) is 11.6 Å². The fourth-order valence-electron chi connectivity index (χ4n) is 1.26. The van der Waals surface area contributed by atoms with Crippen LogP contribution in [0, 0.1) is 0 Å². The molecule has 0 atom stereocenters. The topological polar surface area (TPSA) is 63.3 Å². The molecule has 1 aromatic heterocycles. The monoisotopic (exact) mass is 239 g/mol. The summed E-state index contributed by atoms with van der Waals surface area (Å²) < 4.78 is 5.18. The summed E-state index contributed by atoms with van der Waals surface area (Å²) in [7, 11) is 0. The Morgan fingerprint density at radius 1 is 1.31 bits per heavy atom. The number of carbonyl (C=O) groups is 1. The van der Waals surface area contributed by atoms with E-state index < -0.39 is 5.97 Å². The molecule has 0 bridgehead atoms. The smallest absolute Gasteiger partial charge is 0.309 e. The Bertz CT molecular complexity index is 467. The third-order valence-corrected chi connectivity index (χ3v) is 1.90. The first-order valence-electron chi connectivity index (χ1n) is 4.47. The number of oxazole rings is 1. The van der Waals surface area contributed by atoms with Gasteiger partial charge < -0.3 is 9.52 Å². The summed E-state index contributed by atoms with van der Waals surface area (Å²) >= 11 is 0. The number of carboxylic acid groups (broad SMARTS) is 1. The van der Waals surface area contributed by atoms with Crippen LogP contribution in [0.3, 0.4) is 0 Å². The van der Waals surface area contributed by atoms with Crippen LogP contribution in [0.15, 0.2) is 41.0 Å². The van der Waals surface area contributed by atoms with E-state index >= 15 is 0 Å². The molecule has 0 radical (unpaired) electrons. The van der Waals surface area contributed by atoms with E-state index in [-0.39, 0.29) is 18.8 Å². The lowest BCUT2D eigenvalue weighted by molar-refractivity contribution is -0.136. The lowest BCUT2D eigenvalue weighted by atomic mass is 10.2. The number of carboxylic acids is 1. The van der Waals surface area contributed by atoms with Gasteiger partial charge in [0.25, 0.3) is 0 Å². The molecule has 1 N–H and O–H groups in total. The van der Waals surface area contributed by atoms with Gasteiger partial charge in [0.15, 0.2) is 0 Å². The number of nitrogens with zero attached hydrogens (tertiary/aromatic N) is 1. The second-order valence-electron chi connectivity index (χ2n) is 3.08. The van der Waals surface area contributed by atoms with Crippen LogP contribution in [0.2, 0.25) is 0 Å². The summed E-state index contributed by atoms with van der Waals surface area (Å²) in [5, 5.41) is 8.57. The van der Waals surface area contributed by atoms with Gasteiger partial charge in [0.05, 0.1) is 12.1 Å². The van der Waals surface area contributed by atoms with Gasteiger partial charge in [-0.15, -0.1) is 12.4 Å². The number of hydrogen-bond donors (Lipinski definition) is 1. The zero-order valence-electron chi connectivity index (χ0n) is 8.29. The van der Waals surface area contributed by atoms with Gasteiger partial charge in [0.1, 0.15) is 6.26 Å². The number of halogens is 1. The third-order valence-electron chi connectivity index (χ3n) is 1.90. The summed E-state index contributed by atoms with van der Waals surface area (Å²) in [6.07, 6.45) is 1.26. The van der Waals surface area contributed by atoms with Gasteiger partial charge in [0, 0.05) is 5.56 Å². The fourth-order valence-corrected chi connectivity index (χ4v) is 1.26. The molecule has 0 spiro atoms. The minimum Gasteiger partial charge on any atom is -0.481 e. The largest absolute Gasteiger partial charge is 0.481 e. The summed E-state index contributed by atoms with van der Waals surface area (Å²) in [5.41, 5.74) is 1.27. The number of hydrogen-bond acceptors (Lipinski definition) is 3. The Morgan fingerprint density at radius 2 is 2.00 bits per heavy atom. The molecular weight excluding hydrogens is 230 g/mol. The Balaban J connectivity index is 0.00000128. The van der Waals surface area contributed by atoms with Crippen LogP contribution in [-0.4, -0.2) is 16.1 Å². The van der Waals surface area contributed by atoms with Gasteiger partial charge in [-0.3, -0.25) is 4.79 Å². The quantitative estimate of drug-likeness (QED) is 0.893. The lowest BCUT2D eigenvalue weighted by Gasteiger charge is -1.91. The Morgan fingerprint density at radius 3 is 2.62 bits per heavy atom. The van der Waals surface area contributed by atoms with E-state index in [1.165, 1.54) is 6.26 Å². The zero-order valence-corrected chi connectivity index (χ0v) is 9.11. The molecule has 1 heterocycles. The van der Waals surface area contributed by atoms with Crippen molar-refractivity contribution in [2.24, 2.45) is 0 Å². The van der Waals surface area contributed by atoms with Crippen LogP contribution in [0.4, 0.5) is 0 Å². The molecule has 0 amide bonds. The highest BCUT2D eigenvalue weighted by molar-refractivity contribution is 5.85. The molecule has 0 saturated carbocycles.